The second kappa shape index (κ2) is 30.5. The van der Waals surface area contributed by atoms with Crippen molar-refractivity contribution in [1.82, 2.24) is 42.1 Å². The third-order valence-corrected chi connectivity index (χ3v) is 12.4. The van der Waals surface area contributed by atoms with Gasteiger partial charge in [0.25, 0.3) is 0 Å². The van der Waals surface area contributed by atoms with Crippen LogP contribution in [-0.2, 0) is 57.6 Å². The van der Waals surface area contributed by atoms with Gasteiger partial charge >= 0.3 is 24.2 Å². The van der Waals surface area contributed by atoms with Gasteiger partial charge in [-0.05, 0) is 116 Å². The number of nitrogens with one attached hydrogen (secondary N) is 7. The largest absolute Gasteiger partial charge is 0.480 e. The van der Waals surface area contributed by atoms with Gasteiger partial charge in [0.1, 0.15) is 47.5 Å². The summed E-state index contributed by atoms with van der Waals surface area (Å²) in [6, 6.07) is 22.6. The molecule has 7 amide bonds. The summed E-state index contributed by atoms with van der Waals surface area (Å²) < 4.78 is 16.1. The number of unbranched alkanes of at least 4 members (excludes halogenated alkanes) is 1. The van der Waals surface area contributed by atoms with Gasteiger partial charge < -0.3 is 61.4 Å². The second-order valence-corrected chi connectivity index (χ2v) is 21.8. The van der Waals surface area contributed by atoms with Gasteiger partial charge in [-0.1, -0.05) is 105 Å². The normalized spacial score (nSPS) is 14.8. The molecule has 77 heavy (non-hydrogen) atoms. The first kappa shape index (κ1) is 62.3. The van der Waals surface area contributed by atoms with Gasteiger partial charge in [-0.2, -0.15) is 0 Å². The number of carboxylic acids is 1. The predicted molar refractivity (Wildman–Crippen MR) is 290 cm³/mol. The quantitative estimate of drug-likeness (QED) is 0.0326. The molecule has 1 aliphatic heterocycles. The number of hydrogen-bond acceptors (Lipinski definition) is 12. The van der Waals surface area contributed by atoms with Gasteiger partial charge in [0, 0.05) is 39.0 Å². The molecule has 4 atom stereocenters. The van der Waals surface area contributed by atoms with E-state index in [0.29, 0.717) is 24.8 Å². The van der Waals surface area contributed by atoms with Crippen molar-refractivity contribution in [3.63, 3.8) is 0 Å². The number of amides is 7. The zero-order valence-electron chi connectivity index (χ0n) is 46.0. The zero-order valence-corrected chi connectivity index (χ0v) is 46.0. The maximum Gasteiger partial charge on any atom is 0.408 e. The number of benzene rings is 3. The molecule has 0 aromatic heterocycles. The number of carboxylic acid groups (broad SMARTS) is 1. The van der Waals surface area contributed by atoms with Gasteiger partial charge in [-0.3, -0.25) is 24.0 Å². The number of ether oxygens (including phenoxy) is 3. The number of hydrogen-bond donors (Lipinski definition) is 8. The highest BCUT2D eigenvalue weighted by Gasteiger charge is 2.43. The molecule has 4 unspecified atom stereocenters. The summed E-state index contributed by atoms with van der Waals surface area (Å²) in [5.41, 5.74) is -0.606. The van der Waals surface area contributed by atoms with Crippen LogP contribution < -0.4 is 37.2 Å². The van der Waals surface area contributed by atoms with E-state index in [1.807, 2.05) is 68.4 Å². The van der Waals surface area contributed by atoms with E-state index < -0.39 is 88.8 Å². The summed E-state index contributed by atoms with van der Waals surface area (Å²) in [6.07, 6.45) is -0.306. The van der Waals surface area contributed by atoms with Crippen LogP contribution in [0.2, 0.25) is 0 Å². The van der Waals surface area contributed by atoms with E-state index in [1.54, 1.807) is 77.9 Å². The lowest BCUT2D eigenvalue weighted by molar-refractivity contribution is -0.150. The second-order valence-electron chi connectivity index (χ2n) is 21.8. The van der Waals surface area contributed by atoms with Crippen LogP contribution in [0.25, 0.3) is 0 Å². The molecular formula is C57H82N8O12. The molecule has 1 heterocycles. The Bertz CT molecular complexity index is 2370. The SMILES string of the molecule is CC(C)CC(NC(=O)C(Cc1ccccc1)NC(=O)C(Cc1ccccc1)NC(=O)OC(C)(C)C)C(=O)NC(CCCCNC(=O)OCc1ccccc1)C(=O)N1CCC(NCCCNC(=O)OC(C)(C)C)(C(=O)O)CC1. The van der Waals surface area contributed by atoms with Crippen molar-refractivity contribution in [3.8, 4) is 0 Å². The number of likely N-dealkylation sites (tertiary alicyclic amines) is 1. The Morgan fingerprint density at radius 1 is 0.558 bits per heavy atom. The summed E-state index contributed by atoms with van der Waals surface area (Å²) >= 11 is 0. The van der Waals surface area contributed by atoms with E-state index in [9.17, 15) is 43.5 Å². The molecular weight excluding hydrogens is 989 g/mol. The lowest BCUT2D eigenvalue weighted by Gasteiger charge is -2.40. The van der Waals surface area contributed by atoms with E-state index in [-0.39, 0.29) is 83.8 Å². The Balaban J connectivity index is 1.52. The first-order valence-corrected chi connectivity index (χ1v) is 26.6. The maximum absolute atomic E-state index is 14.6. The van der Waals surface area contributed by atoms with Crippen LogP contribution in [-0.4, -0.2) is 132 Å². The molecule has 20 nitrogen and oxygen atoms in total. The molecule has 0 spiro atoms. The van der Waals surface area contributed by atoms with Gasteiger partial charge in [0.2, 0.25) is 23.6 Å². The first-order chi connectivity index (χ1) is 36.4. The highest BCUT2D eigenvalue weighted by molar-refractivity contribution is 5.95. The summed E-state index contributed by atoms with van der Waals surface area (Å²) in [5, 5.41) is 30.2. The van der Waals surface area contributed by atoms with Crippen LogP contribution >= 0.6 is 0 Å². The van der Waals surface area contributed by atoms with Crippen LogP contribution in [0.1, 0.15) is 117 Å². The third kappa shape index (κ3) is 23.3. The van der Waals surface area contributed by atoms with Crippen molar-refractivity contribution in [3.05, 3.63) is 108 Å². The van der Waals surface area contributed by atoms with E-state index in [2.05, 4.69) is 37.2 Å². The van der Waals surface area contributed by atoms with Gasteiger partial charge in [0.05, 0.1) is 0 Å². The van der Waals surface area contributed by atoms with Gasteiger partial charge in [0.15, 0.2) is 0 Å². The van der Waals surface area contributed by atoms with Crippen LogP contribution in [0.15, 0.2) is 91.0 Å². The van der Waals surface area contributed by atoms with Crippen molar-refractivity contribution >= 4 is 47.9 Å². The van der Waals surface area contributed by atoms with Crippen LogP contribution in [0, 0.1) is 5.92 Å². The summed E-state index contributed by atoms with van der Waals surface area (Å²) in [7, 11) is 0. The predicted octanol–water partition coefficient (Wildman–Crippen LogP) is 5.91. The highest BCUT2D eigenvalue weighted by Crippen LogP contribution is 2.24. The average Bonchev–Trinajstić information content (AvgIpc) is 3.36. The van der Waals surface area contributed by atoms with Crippen molar-refractivity contribution in [2.75, 3.05) is 32.7 Å². The fourth-order valence-corrected chi connectivity index (χ4v) is 8.50. The molecule has 3 aromatic carbocycles. The molecule has 20 heteroatoms. The minimum absolute atomic E-state index is 0.0263. The molecule has 4 rings (SSSR count). The van der Waals surface area contributed by atoms with Crippen molar-refractivity contribution in [2.45, 2.75) is 161 Å². The highest BCUT2D eigenvalue weighted by atomic mass is 16.6. The number of aliphatic carboxylic acids is 1. The van der Waals surface area contributed by atoms with Crippen molar-refractivity contribution in [1.29, 1.82) is 0 Å². The molecule has 0 saturated carbocycles. The monoisotopic (exact) mass is 1070 g/mol. The van der Waals surface area contributed by atoms with Crippen molar-refractivity contribution in [2.24, 2.45) is 5.92 Å². The Labute approximate surface area is 453 Å². The topological polar surface area (TPSA) is 272 Å². The summed E-state index contributed by atoms with van der Waals surface area (Å²) in [4.78, 5) is 110. The Morgan fingerprint density at radius 2 is 1.01 bits per heavy atom. The van der Waals surface area contributed by atoms with E-state index in [1.165, 1.54) is 4.90 Å². The number of carbonyl (C=O) groups is 8. The Morgan fingerprint density at radius 3 is 1.53 bits per heavy atom. The van der Waals surface area contributed by atoms with Crippen LogP contribution in [0.4, 0.5) is 14.4 Å². The number of alkyl carbamates (subject to hydrolysis) is 3. The standard InChI is InChI=1S/C57H82N8O12/c1-39(2)35-44(62-48(67)45(36-40-21-12-9-13-22-40)63-49(68)46(37-41-23-14-10-15-24-41)64-54(74)77-56(6,7)8)47(66)61-43(27-18-19-30-58-52(72)75-38-42-25-16-11-17-26-42)50(69)65-33-28-57(29-34-65,51(70)71)60-32-20-31-59-53(73)76-55(3,4)5/h9-17,21-26,39,43-46,60H,18-20,27-38H2,1-8H3,(H,58,72)(H,59,73)(H,61,66)(H,62,67)(H,63,68)(H,64,74)(H,70,71). The lowest BCUT2D eigenvalue weighted by atomic mass is 9.87. The number of nitrogens with zero attached hydrogens (tertiary/aromatic N) is 1. The molecule has 0 aliphatic carbocycles. The molecule has 0 bridgehead atoms. The van der Waals surface area contributed by atoms with E-state index in [0.717, 1.165) is 11.1 Å². The van der Waals surface area contributed by atoms with Gasteiger partial charge in [-0.25, -0.2) is 14.4 Å². The summed E-state index contributed by atoms with van der Waals surface area (Å²) in [5.74, 6) is -3.64. The molecule has 1 aliphatic rings. The Hall–Kier alpha value is -7.22. The fourth-order valence-electron chi connectivity index (χ4n) is 8.50. The smallest absolute Gasteiger partial charge is 0.408 e. The molecule has 3 aromatic rings. The van der Waals surface area contributed by atoms with Crippen LogP contribution in [0.3, 0.4) is 0 Å². The first-order valence-electron chi connectivity index (χ1n) is 26.6. The maximum atomic E-state index is 14.6. The van der Waals surface area contributed by atoms with Gasteiger partial charge in [-0.15, -0.1) is 0 Å². The van der Waals surface area contributed by atoms with E-state index >= 15 is 0 Å². The minimum Gasteiger partial charge on any atom is -0.480 e. The van der Waals surface area contributed by atoms with Crippen molar-refractivity contribution < 1.29 is 57.7 Å². The zero-order chi connectivity index (χ0) is 56.6. The Kier molecular flexibility index (Phi) is 24.7. The summed E-state index contributed by atoms with van der Waals surface area (Å²) in [6.45, 7) is 15.0. The third-order valence-electron chi connectivity index (χ3n) is 12.4. The number of carbonyl (C=O) groups excluding carboxylic acids is 7. The number of piperidine rings is 1. The number of rotatable bonds is 27. The molecule has 422 valence electrons. The van der Waals surface area contributed by atoms with E-state index in [4.69, 9.17) is 14.2 Å². The fraction of sp³-hybridized carbons (Fsp3) is 0.544. The molecule has 8 N–H and O–H groups in total. The molecule has 1 fully saturated rings. The minimum atomic E-state index is -1.35. The average molecular weight is 1070 g/mol. The molecule has 0 radical (unpaired) electrons. The molecule has 1 saturated heterocycles. The van der Waals surface area contributed by atoms with Crippen LogP contribution in [0.5, 0.6) is 0 Å². The lowest BCUT2D eigenvalue weighted by Crippen LogP contribution is -2.62.